The van der Waals surface area contributed by atoms with Crippen LogP contribution >= 0.6 is 0 Å². The van der Waals surface area contributed by atoms with Crippen LogP contribution in [0.5, 0.6) is 0 Å². The first-order chi connectivity index (χ1) is 9.51. The molecular formula is C13H16N4O2S. The average molecular weight is 292 g/mol. The van der Waals surface area contributed by atoms with E-state index in [0.717, 1.165) is 0 Å². The fourth-order valence-corrected chi connectivity index (χ4v) is 3.27. The Morgan fingerprint density at radius 2 is 1.65 bits per heavy atom. The van der Waals surface area contributed by atoms with Crippen LogP contribution in [0.2, 0.25) is 0 Å². The molecule has 1 aromatic rings. The number of nitrogens with zero attached hydrogens (tertiary/aromatic N) is 3. The molecule has 0 aliphatic carbocycles. The summed E-state index contributed by atoms with van der Waals surface area (Å²) in [6.45, 7) is 0.181. The van der Waals surface area contributed by atoms with Gasteiger partial charge in [0.1, 0.15) is 0 Å². The number of sulfonamides is 1. The van der Waals surface area contributed by atoms with Gasteiger partial charge in [0.2, 0.25) is 10.0 Å². The van der Waals surface area contributed by atoms with Crippen molar-refractivity contribution in [2.75, 3.05) is 18.8 Å². The van der Waals surface area contributed by atoms with Crippen molar-refractivity contribution >= 4 is 15.7 Å². The standard InChI is InChI=1S/C13H16N4O2S/c14-7-3-9-17(10-4-8-15)20(18,19)11-12-5-1-2-6-13(12)16/h1-2,5-6H,3-4,9-11,16H2. The lowest BCUT2D eigenvalue weighted by Crippen LogP contribution is -2.34. The first-order valence-electron chi connectivity index (χ1n) is 6.06. The van der Waals surface area contributed by atoms with Crippen LogP contribution in [0.4, 0.5) is 5.69 Å². The second-order valence-corrected chi connectivity index (χ2v) is 6.14. The minimum absolute atomic E-state index is 0.0905. The molecule has 6 nitrogen and oxygen atoms in total. The van der Waals surface area contributed by atoms with Crippen LogP contribution in [-0.4, -0.2) is 25.8 Å². The van der Waals surface area contributed by atoms with E-state index in [-0.39, 0.29) is 31.7 Å². The number of para-hydroxylation sites is 1. The molecule has 0 amide bonds. The number of nitriles is 2. The fraction of sp³-hybridized carbons (Fsp3) is 0.385. The van der Waals surface area contributed by atoms with Crippen LogP contribution in [0.3, 0.4) is 0 Å². The number of anilines is 1. The van der Waals surface area contributed by atoms with E-state index in [9.17, 15) is 8.42 Å². The Morgan fingerprint density at radius 1 is 1.10 bits per heavy atom. The highest BCUT2D eigenvalue weighted by atomic mass is 32.2. The van der Waals surface area contributed by atoms with E-state index in [1.807, 2.05) is 12.1 Å². The van der Waals surface area contributed by atoms with Gasteiger partial charge < -0.3 is 5.73 Å². The SMILES string of the molecule is N#CCCN(CCC#N)S(=O)(=O)Cc1ccccc1N. The summed E-state index contributed by atoms with van der Waals surface area (Å²) in [6.07, 6.45) is 0.184. The van der Waals surface area contributed by atoms with Crippen LogP contribution in [0, 0.1) is 22.7 Å². The van der Waals surface area contributed by atoms with Gasteiger partial charge in [-0.3, -0.25) is 0 Å². The third-order valence-corrected chi connectivity index (χ3v) is 4.56. The lowest BCUT2D eigenvalue weighted by molar-refractivity contribution is 0.424. The number of nitrogen functional groups attached to an aromatic ring is 1. The molecule has 7 heteroatoms. The van der Waals surface area contributed by atoms with Crippen molar-refractivity contribution in [2.24, 2.45) is 0 Å². The van der Waals surface area contributed by atoms with Gasteiger partial charge in [0.05, 0.1) is 17.9 Å². The van der Waals surface area contributed by atoms with E-state index in [2.05, 4.69) is 0 Å². The molecule has 0 fully saturated rings. The summed E-state index contributed by atoms with van der Waals surface area (Å²) in [7, 11) is -3.59. The maximum absolute atomic E-state index is 12.3. The van der Waals surface area contributed by atoms with Gasteiger partial charge in [0, 0.05) is 31.6 Å². The van der Waals surface area contributed by atoms with Gasteiger partial charge in [0.25, 0.3) is 0 Å². The quantitative estimate of drug-likeness (QED) is 0.760. The summed E-state index contributed by atoms with van der Waals surface area (Å²) >= 11 is 0. The predicted octanol–water partition coefficient (Wildman–Crippen LogP) is 1.23. The second kappa shape index (κ2) is 7.49. The van der Waals surface area contributed by atoms with Gasteiger partial charge in [-0.1, -0.05) is 18.2 Å². The molecule has 0 heterocycles. The number of hydrogen-bond acceptors (Lipinski definition) is 5. The van der Waals surface area contributed by atoms with Crippen molar-refractivity contribution < 1.29 is 8.42 Å². The minimum Gasteiger partial charge on any atom is -0.398 e. The van der Waals surface area contributed by atoms with Crippen molar-refractivity contribution in [2.45, 2.75) is 18.6 Å². The average Bonchev–Trinajstić information content (AvgIpc) is 2.41. The summed E-state index contributed by atoms with van der Waals surface area (Å²) in [5.74, 6) is -0.226. The summed E-state index contributed by atoms with van der Waals surface area (Å²) < 4.78 is 25.8. The molecule has 106 valence electrons. The second-order valence-electron chi connectivity index (χ2n) is 4.17. The number of benzene rings is 1. The lowest BCUT2D eigenvalue weighted by atomic mass is 10.2. The molecule has 20 heavy (non-hydrogen) atoms. The third-order valence-electron chi connectivity index (χ3n) is 2.73. The third kappa shape index (κ3) is 4.54. The van der Waals surface area contributed by atoms with Gasteiger partial charge in [-0.05, 0) is 11.6 Å². The Hall–Kier alpha value is -2.09. The molecule has 0 aliphatic rings. The van der Waals surface area contributed by atoms with Gasteiger partial charge in [0.15, 0.2) is 0 Å². The number of nitrogens with two attached hydrogens (primary N) is 1. The zero-order valence-electron chi connectivity index (χ0n) is 11.0. The summed E-state index contributed by atoms with van der Waals surface area (Å²) in [6, 6.07) is 10.6. The molecule has 0 spiro atoms. The Labute approximate surface area is 119 Å². The topological polar surface area (TPSA) is 111 Å². The maximum atomic E-state index is 12.3. The lowest BCUT2D eigenvalue weighted by Gasteiger charge is -2.20. The van der Waals surface area contributed by atoms with E-state index >= 15 is 0 Å². The molecule has 0 atom stereocenters. The van der Waals surface area contributed by atoms with E-state index in [1.165, 1.54) is 4.31 Å². The molecule has 0 saturated heterocycles. The van der Waals surface area contributed by atoms with Crippen molar-refractivity contribution in [1.82, 2.24) is 4.31 Å². The molecule has 2 N–H and O–H groups in total. The predicted molar refractivity (Wildman–Crippen MR) is 75.5 cm³/mol. The zero-order chi connectivity index (χ0) is 15.0. The largest absolute Gasteiger partial charge is 0.398 e. The summed E-state index contributed by atoms with van der Waals surface area (Å²) in [4.78, 5) is 0. The van der Waals surface area contributed by atoms with Crippen molar-refractivity contribution in [3.05, 3.63) is 29.8 Å². The van der Waals surface area contributed by atoms with E-state index in [4.69, 9.17) is 16.3 Å². The first-order valence-corrected chi connectivity index (χ1v) is 7.67. The van der Waals surface area contributed by atoms with Crippen LogP contribution in [0.25, 0.3) is 0 Å². The molecule has 0 aromatic heterocycles. The number of rotatable bonds is 7. The molecule has 0 bridgehead atoms. The summed E-state index contributed by atoms with van der Waals surface area (Å²) in [5, 5.41) is 17.2. The fourth-order valence-electron chi connectivity index (χ4n) is 1.69. The highest BCUT2D eigenvalue weighted by molar-refractivity contribution is 7.88. The monoisotopic (exact) mass is 292 g/mol. The van der Waals surface area contributed by atoms with E-state index in [1.54, 1.807) is 24.3 Å². The molecular weight excluding hydrogens is 276 g/mol. The highest BCUT2D eigenvalue weighted by Crippen LogP contribution is 2.17. The normalized spacial score (nSPS) is 10.9. The van der Waals surface area contributed by atoms with Gasteiger partial charge in [-0.25, -0.2) is 8.42 Å². The summed E-state index contributed by atoms with van der Waals surface area (Å²) in [5.41, 5.74) is 6.67. The molecule has 0 aliphatic heterocycles. The van der Waals surface area contributed by atoms with Crippen molar-refractivity contribution in [1.29, 1.82) is 10.5 Å². The van der Waals surface area contributed by atoms with Crippen LogP contribution in [0.15, 0.2) is 24.3 Å². The van der Waals surface area contributed by atoms with Crippen molar-refractivity contribution in [3.63, 3.8) is 0 Å². The minimum atomic E-state index is -3.59. The number of hydrogen-bond donors (Lipinski definition) is 1. The van der Waals surface area contributed by atoms with Crippen LogP contribution in [0.1, 0.15) is 18.4 Å². The van der Waals surface area contributed by atoms with Gasteiger partial charge in [-0.15, -0.1) is 0 Å². The highest BCUT2D eigenvalue weighted by Gasteiger charge is 2.22. The smallest absolute Gasteiger partial charge is 0.218 e. The van der Waals surface area contributed by atoms with E-state index < -0.39 is 10.0 Å². The van der Waals surface area contributed by atoms with Crippen LogP contribution in [-0.2, 0) is 15.8 Å². The van der Waals surface area contributed by atoms with Gasteiger partial charge in [-0.2, -0.15) is 14.8 Å². The van der Waals surface area contributed by atoms with Crippen LogP contribution < -0.4 is 5.73 Å². The Balaban J connectivity index is 2.90. The molecule has 0 radical (unpaired) electrons. The Kier molecular flexibility index (Phi) is 5.98. The molecule has 0 saturated carbocycles. The van der Waals surface area contributed by atoms with Crippen molar-refractivity contribution in [3.8, 4) is 12.1 Å². The molecule has 1 rings (SSSR count). The Bertz CT molecular complexity index is 611. The molecule has 0 unspecified atom stereocenters. The van der Waals surface area contributed by atoms with E-state index in [0.29, 0.717) is 11.3 Å². The zero-order valence-corrected chi connectivity index (χ0v) is 11.8. The van der Waals surface area contributed by atoms with Gasteiger partial charge >= 0.3 is 0 Å². The maximum Gasteiger partial charge on any atom is 0.218 e. The first kappa shape index (κ1) is 16.0. The molecule has 1 aromatic carbocycles. The Morgan fingerprint density at radius 3 is 2.15 bits per heavy atom.